The number of hydrogen-bond donors (Lipinski definition) is 2. The number of fused-ring (bicyclic) bond motifs is 2. The molecule has 8 atom stereocenters. The minimum absolute atomic E-state index is 0.101. The van der Waals surface area contributed by atoms with Crippen molar-refractivity contribution in [1.82, 2.24) is 4.90 Å². The average Bonchev–Trinajstić information content (AvgIpc) is 3.09. The third kappa shape index (κ3) is 15.3. The molecule has 298 valence electrons. The lowest BCUT2D eigenvalue weighted by molar-refractivity contribution is -0.236. The Morgan fingerprint density at radius 2 is 1.25 bits per heavy atom. The molecule has 3 aliphatic rings. The summed E-state index contributed by atoms with van der Waals surface area (Å²) in [5, 5.41) is 10.4. The molecule has 3 fully saturated rings. The summed E-state index contributed by atoms with van der Waals surface area (Å²) in [6.45, 7) is 8.77. The smallest absolute Gasteiger partial charge is 0.396 e. The van der Waals surface area contributed by atoms with Gasteiger partial charge in [0.25, 0.3) is 0 Å². The van der Waals surface area contributed by atoms with Gasteiger partial charge in [-0.2, -0.15) is 13.2 Å². The molecular formula is C43H78F3N2O3+. The molecule has 0 bridgehead atoms. The van der Waals surface area contributed by atoms with Crippen LogP contribution in [-0.2, 0) is 9.53 Å². The average molecular weight is 728 g/mol. The number of halogens is 3. The molecule has 0 amide bonds. The van der Waals surface area contributed by atoms with Gasteiger partial charge in [-0.15, -0.1) is 0 Å². The number of ether oxygens (including phenoxy) is 1. The summed E-state index contributed by atoms with van der Waals surface area (Å²) in [6.07, 6.45) is 23.3. The SMILES string of the molecule is CCCCCCCCCCCCCCCCCCC(C[C+]1C2CCC(N(CCCC)CCCC)CC2OC2CC(N)CC(C(F)(F)F)C12)C(=O)O. The minimum Gasteiger partial charge on any atom is -0.481 e. The largest absolute Gasteiger partial charge is 0.481 e. The lowest BCUT2D eigenvalue weighted by atomic mass is 9.58. The Morgan fingerprint density at radius 3 is 1.75 bits per heavy atom. The van der Waals surface area contributed by atoms with E-state index >= 15 is 0 Å². The predicted molar refractivity (Wildman–Crippen MR) is 205 cm³/mol. The van der Waals surface area contributed by atoms with Gasteiger partial charge >= 0.3 is 12.1 Å². The van der Waals surface area contributed by atoms with Crippen molar-refractivity contribution in [2.45, 2.75) is 225 Å². The molecular weight excluding hydrogens is 649 g/mol. The first-order chi connectivity index (χ1) is 24.6. The summed E-state index contributed by atoms with van der Waals surface area (Å²) < 4.78 is 50.6. The molecule has 3 rings (SSSR count). The van der Waals surface area contributed by atoms with Crippen LogP contribution < -0.4 is 5.73 Å². The Kier molecular flexibility index (Phi) is 21.3. The van der Waals surface area contributed by atoms with E-state index < -0.39 is 42.0 Å². The molecule has 8 heteroatoms. The molecule has 1 saturated heterocycles. The number of alkyl halides is 3. The number of hydrogen-bond acceptors (Lipinski definition) is 4. The highest BCUT2D eigenvalue weighted by Gasteiger charge is 2.65. The third-order valence-corrected chi connectivity index (χ3v) is 12.7. The number of carbonyl (C=O) groups is 1. The molecule has 0 spiro atoms. The summed E-state index contributed by atoms with van der Waals surface area (Å²) in [4.78, 5) is 15.3. The van der Waals surface area contributed by atoms with E-state index in [9.17, 15) is 23.1 Å². The molecule has 1 heterocycles. The lowest BCUT2D eigenvalue weighted by Crippen LogP contribution is -2.59. The van der Waals surface area contributed by atoms with E-state index in [0.717, 1.165) is 83.2 Å². The van der Waals surface area contributed by atoms with Crippen molar-refractivity contribution in [3.8, 4) is 0 Å². The van der Waals surface area contributed by atoms with Gasteiger partial charge in [0.2, 0.25) is 0 Å². The van der Waals surface area contributed by atoms with Gasteiger partial charge < -0.3 is 20.5 Å². The molecule has 2 aliphatic carbocycles. The third-order valence-electron chi connectivity index (χ3n) is 12.7. The number of carboxylic acid groups (broad SMARTS) is 1. The van der Waals surface area contributed by atoms with Crippen LogP contribution in [0.4, 0.5) is 13.2 Å². The number of nitrogens with zero attached hydrogens (tertiary/aromatic N) is 1. The number of aliphatic carboxylic acids is 1. The van der Waals surface area contributed by atoms with Gasteiger partial charge in [0.15, 0.2) is 0 Å². The summed E-state index contributed by atoms with van der Waals surface area (Å²) in [5.74, 6) is -3.10. The first kappa shape index (κ1) is 44.4. The maximum absolute atomic E-state index is 14.7. The Morgan fingerprint density at radius 1 is 0.745 bits per heavy atom. The second kappa shape index (κ2) is 24.4. The predicted octanol–water partition coefficient (Wildman–Crippen LogP) is 12.1. The lowest BCUT2D eigenvalue weighted by Gasteiger charge is -2.50. The fraction of sp³-hybridized carbons (Fsp3) is 0.953. The maximum Gasteiger partial charge on any atom is 0.396 e. The topological polar surface area (TPSA) is 75.8 Å². The maximum atomic E-state index is 14.7. The second-order valence-corrected chi connectivity index (χ2v) is 16.8. The zero-order valence-electron chi connectivity index (χ0n) is 33.0. The molecule has 51 heavy (non-hydrogen) atoms. The Balaban J connectivity index is 1.53. The van der Waals surface area contributed by atoms with Crippen LogP contribution in [0.15, 0.2) is 0 Å². The number of carboxylic acids is 1. The summed E-state index contributed by atoms with van der Waals surface area (Å²) in [6, 6.07) is -0.195. The van der Waals surface area contributed by atoms with E-state index in [0.29, 0.717) is 18.9 Å². The highest BCUT2D eigenvalue weighted by molar-refractivity contribution is 5.70. The highest BCUT2D eigenvalue weighted by atomic mass is 19.4. The molecule has 1 aliphatic heterocycles. The summed E-state index contributed by atoms with van der Waals surface area (Å²) in [7, 11) is 0. The van der Waals surface area contributed by atoms with Crippen LogP contribution in [0.5, 0.6) is 0 Å². The van der Waals surface area contributed by atoms with Crippen LogP contribution >= 0.6 is 0 Å². The molecule has 5 nitrogen and oxygen atoms in total. The number of rotatable bonds is 27. The van der Waals surface area contributed by atoms with Crippen molar-refractivity contribution in [3.05, 3.63) is 5.92 Å². The second-order valence-electron chi connectivity index (χ2n) is 16.8. The molecule has 0 aromatic heterocycles. The highest BCUT2D eigenvalue weighted by Crippen LogP contribution is 2.56. The molecule has 0 radical (unpaired) electrons. The van der Waals surface area contributed by atoms with E-state index in [1.54, 1.807) is 0 Å². The van der Waals surface area contributed by atoms with Crippen molar-refractivity contribution in [1.29, 1.82) is 0 Å². The van der Waals surface area contributed by atoms with Crippen LogP contribution in [0.25, 0.3) is 0 Å². The molecule has 8 unspecified atom stereocenters. The van der Waals surface area contributed by atoms with Crippen LogP contribution in [0.1, 0.15) is 194 Å². The monoisotopic (exact) mass is 728 g/mol. The molecule has 2 saturated carbocycles. The Labute approximate surface area is 311 Å². The zero-order valence-corrected chi connectivity index (χ0v) is 33.0. The van der Waals surface area contributed by atoms with E-state index in [-0.39, 0.29) is 24.9 Å². The number of nitrogens with two attached hydrogens (primary N) is 1. The van der Waals surface area contributed by atoms with Gasteiger partial charge in [-0.3, -0.25) is 4.79 Å². The van der Waals surface area contributed by atoms with Crippen LogP contribution in [0.2, 0.25) is 0 Å². The van der Waals surface area contributed by atoms with Crippen LogP contribution in [-0.4, -0.2) is 59.5 Å². The zero-order chi connectivity index (χ0) is 37.1. The molecule has 0 aromatic carbocycles. The van der Waals surface area contributed by atoms with Crippen molar-refractivity contribution < 1.29 is 27.8 Å². The summed E-state index contributed by atoms with van der Waals surface area (Å²) in [5.41, 5.74) is 6.26. The van der Waals surface area contributed by atoms with Gasteiger partial charge in [0.1, 0.15) is 42.3 Å². The summed E-state index contributed by atoms with van der Waals surface area (Å²) >= 11 is 0. The first-order valence-electron chi connectivity index (χ1n) is 21.9. The van der Waals surface area contributed by atoms with Crippen LogP contribution in [0, 0.1) is 29.6 Å². The normalized spacial score (nSPS) is 27.4. The Hall–Kier alpha value is -0.990. The Bertz CT molecular complexity index is 911. The standard InChI is InChI=1S/C43H77F3N2O3/c1-4-7-10-11-12-13-14-15-16-17-18-19-20-21-22-23-24-33(42(49)50)29-37-36-26-25-35(48(27-8-5-2)28-9-6-3)32-39(36)51-40-31-34(47)30-38(41(37)40)43(44,45)46/h33-36,38-41H,4-32,47H2,1-3H3/p+1. The quantitative estimate of drug-likeness (QED) is 0.0651. The van der Waals surface area contributed by atoms with Crippen molar-refractivity contribution >= 4 is 5.97 Å². The van der Waals surface area contributed by atoms with Crippen LogP contribution in [0.3, 0.4) is 0 Å². The van der Waals surface area contributed by atoms with Crippen molar-refractivity contribution in [2.75, 3.05) is 13.1 Å². The van der Waals surface area contributed by atoms with Crippen molar-refractivity contribution in [3.63, 3.8) is 0 Å². The molecule has 0 aromatic rings. The first-order valence-corrected chi connectivity index (χ1v) is 21.9. The van der Waals surface area contributed by atoms with Gasteiger partial charge in [-0.1, -0.05) is 136 Å². The van der Waals surface area contributed by atoms with Crippen molar-refractivity contribution in [2.24, 2.45) is 29.4 Å². The van der Waals surface area contributed by atoms with E-state index in [2.05, 4.69) is 25.7 Å². The van der Waals surface area contributed by atoms with Gasteiger partial charge in [-0.25, -0.2) is 0 Å². The van der Waals surface area contributed by atoms with E-state index in [1.165, 1.54) is 83.5 Å². The fourth-order valence-electron chi connectivity index (χ4n) is 9.76. The number of unbranched alkanes of at least 4 members (excludes halogenated alkanes) is 17. The minimum atomic E-state index is -4.39. The van der Waals surface area contributed by atoms with Gasteiger partial charge in [0.05, 0.1) is 5.92 Å². The van der Waals surface area contributed by atoms with Gasteiger partial charge in [0, 0.05) is 12.1 Å². The van der Waals surface area contributed by atoms with Gasteiger partial charge in [-0.05, 0) is 64.5 Å². The van der Waals surface area contributed by atoms with E-state index in [4.69, 9.17) is 10.5 Å². The van der Waals surface area contributed by atoms with E-state index in [1.807, 2.05) is 0 Å². The molecule has 3 N–H and O–H groups in total. The fourth-order valence-corrected chi connectivity index (χ4v) is 9.76.